The molecule has 1 aliphatic heterocycles. The van der Waals surface area contributed by atoms with Crippen LogP contribution in [0.3, 0.4) is 0 Å². The van der Waals surface area contributed by atoms with E-state index in [9.17, 15) is 8.42 Å². The summed E-state index contributed by atoms with van der Waals surface area (Å²) in [6.07, 6.45) is 3.08. The molecule has 0 fully saturated rings. The van der Waals surface area contributed by atoms with Crippen LogP contribution < -0.4 is 0 Å². The van der Waals surface area contributed by atoms with Gasteiger partial charge in [0.2, 0.25) is 0 Å². The molecular formula is C10H8ClN3O2S2. The number of fused-ring (bicyclic) bond motifs is 1. The van der Waals surface area contributed by atoms with E-state index in [0.29, 0.717) is 10.9 Å². The zero-order valence-corrected chi connectivity index (χ0v) is 11.5. The number of aromatic nitrogens is 2. The van der Waals surface area contributed by atoms with Crippen molar-refractivity contribution in [2.24, 2.45) is 0 Å². The van der Waals surface area contributed by atoms with Gasteiger partial charge in [0.25, 0.3) is 10.0 Å². The van der Waals surface area contributed by atoms with Crippen molar-refractivity contribution in [3.63, 3.8) is 0 Å². The van der Waals surface area contributed by atoms with E-state index in [4.69, 9.17) is 11.6 Å². The Bertz CT molecular complexity index is 674. The molecule has 1 aliphatic rings. The SMILES string of the molecule is O=S(=O)(c1ccc(Cl)s1)N1Cc2cncnc2C1. The van der Waals surface area contributed by atoms with Crippen LogP contribution in [0.2, 0.25) is 4.34 Å². The molecule has 0 aliphatic carbocycles. The summed E-state index contributed by atoms with van der Waals surface area (Å²) >= 11 is 6.84. The first-order chi connectivity index (χ1) is 8.57. The van der Waals surface area contributed by atoms with Crippen LogP contribution in [-0.4, -0.2) is 22.7 Å². The van der Waals surface area contributed by atoms with Gasteiger partial charge >= 0.3 is 0 Å². The number of sulfonamides is 1. The molecule has 0 aromatic carbocycles. The average molecular weight is 302 g/mol. The summed E-state index contributed by atoms with van der Waals surface area (Å²) in [5.41, 5.74) is 1.61. The summed E-state index contributed by atoms with van der Waals surface area (Å²) < 4.78 is 26.8. The molecule has 8 heteroatoms. The van der Waals surface area contributed by atoms with Gasteiger partial charge in [-0.25, -0.2) is 18.4 Å². The third-order valence-corrected chi connectivity index (χ3v) is 6.19. The van der Waals surface area contributed by atoms with E-state index in [1.165, 1.54) is 16.7 Å². The fraction of sp³-hybridized carbons (Fsp3) is 0.200. The van der Waals surface area contributed by atoms with Crippen LogP contribution in [0.1, 0.15) is 11.3 Å². The Hall–Kier alpha value is -1.02. The monoisotopic (exact) mass is 301 g/mol. The number of thiophene rings is 1. The lowest BCUT2D eigenvalue weighted by Crippen LogP contribution is -2.24. The zero-order valence-electron chi connectivity index (χ0n) is 9.08. The molecule has 0 saturated heterocycles. The van der Waals surface area contributed by atoms with Crippen LogP contribution in [0.5, 0.6) is 0 Å². The van der Waals surface area contributed by atoms with Gasteiger partial charge in [0.1, 0.15) is 10.5 Å². The zero-order chi connectivity index (χ0) is 12.8. The first kappa shape index (κ1) is 12.0. The highest BCUT2D eigenvalue weighted by Crippen LogP contribution is 2.32. The second-order valence-electron chi connectivity index (χ2n) is 3.83. The van der Waals surface area contributed by atoms with Crippen LogP contribution in [-0.2, 0) is 23.1 Å². The summed E-state index contributed by atoms with van der Waals surface area (Å²) in [7, 11) is -3.49. The summed E-state index contributed by atoms with van der Waals surface area (Å²) in [5.74, 6) is 0. The second kappa shape index (κ2) is 4.27. The van der Waals surface area contributed by atoms with E-state index in [1.807, 2.05) is 0 Å². The van der Waals surface area contributed by atoms with E-state index < -0.39 is 10.0 Å². The molecule has 2 aromatic rings. The molecule has 0 unspecified atom stereocenters. The second-order valence-corrected chi connectivity index (χ2v) is 7.71. The smallest absolute Gasteiger partial charge is 0.244 e. The van der Waals surface area contributed by atoms with Crippen molar-refractivity contribution in [3.05, 3.63) is 40.3 Å². The van der Waals surface area contributed by atoms with E-state index >= 15 is 0 Å². The Morgan fingerprint density at radius 1 is 1.33 bits per heavy atom. The molecule has 0 spiro atoms. The van der Waals surface area contributed by atoms with Gasteiger partial charge in [0, 0.05) is 18.3 Å². The number of halogens is 1. The number of rotatable bonds is 2. The maximum Gasteiger partial charge on any atom is 0.253 e. The third-order valence-electron chi connectivity index (χ3n) is 2.70. The molecule has 0 amide bonds. The highest BCUT2D eigenvalue weighted by Gasteiger charge is 2.32. The Morgan fingerprint density at radius 2 is 2.17 bits per heavy atom. The maximum absolute atomic E-state index is 12.3. The Morgan fingerprint density at radius 3 is 2.83 bits per heavy atom. The van der Waals surface area contributed by atoms with E-state index in [2.05, 4.69) is 9.97 Å². The van der Waals surface area contributed by atoms with Gasteiger partial charge in [-0.05, 0) is 12.1 Å². The van der Waals surface area contributed by atoms with Gasteiger partial charge in [-0.1, -0.05) is 11.6 Å². The molecule has 18 heavy (non-hydrogen) atoms. The Labute approximate surface area is 113 Å². The number of nitrogens with zero attached hydrogens (tertiary/aromatic N) is 3. The molecule has 0 saturated carbocycles. The highest BCUT2D eigenvalue weighted by molar-refractivity contribution is 7.91. The normalized spacial score (nSPS) is 15.8. The van der Waals surface area contributed by atoms with Crippen LogP contribution in [0.15, 0.2) is 28.9 Å². The summed E-state index contributed by atoms with van der Waals surface area (Å²) in [6.45, 7) is 0.601. The molecule has 2 aromatic heterocycles. The minimum absolute atomic E-state index is 0.258. The average Bonchev–Trinajstić information content (AvgIpc) is 2.94. The molecular weight excluding hydrogens is 294 g/mol. The van der Waals surface area contributed by atoms with Crippen LogP contribution in [0.4, 0.5) is 0 Å². The van der Waals surface area contributed by atoms with Gasteiger partial charge in [-0.2, -0.15) is 4.31 Å². The minimum atomic E-state index is -3.49. The molecule has 0 atom stereocenters. The molecule has 5 nitrogen and oxygen atoms in total. The van der Waals surface area contributed by atoms with E-state index in [0.717, 1.165) is 22.6 Å². The molecule has 0 bridgehead atoms. The van der Waals surface area contributed by atoms with Crippen molar-refractivity contribution in [1.82, 2.24) is 14.3 Å². The summed E-state index contributed by atoms with van der Waals surface area (Å²) in [6, 6.07) is 3.11. The summed E-state index contributed by atoms with van der Waals surface area (Å²) in [4.78, 5) is 7.98. The summed E-state index contributed by atoms with van der Waals surface area (Å²) in [5, 5.41) is 0. The van der Waals surface area contributed by atoms with Gasteiger partial charge in [-0.3, -0.25) is 0 Å². The lowest BCUT2D eigenvalue weighted by atomic mass is 10.3. The van der Waals surface area contributed by atoms with Gasteiger partial charge in [-0.15, -0.1) is 11.3 Å². The van der Waals surface area contributed by atoms with Crippen molar-refractivity contribution < 1.29 is 8.42 Å². The quantitative estimate of drug-likeness (QED) is 0.850. The lowest BCUT2D eigenvalue weighted by molar-refractivity contribution is 0.431. The van der Waals surface area contributed by atoms with Crippen molar-refractivity contribution in [1.29, 1.82) is 0 Å². The van der Waals surface area contributed by atoms with Crippen molar-refractivity contribution >= 4 is 33.0 Å². The van der Waals surface area contributed by atoms with E-state index in [1.54, 1.807) is 12.3 Å². The third kappa shape index (κ3) is 1.93. The van der Waals surface area contributed by atoms with Gasteiger partial charge in [0.05, 0.1) is 16.6 Å². The minimum Gasteiger partial charge on any atom is -0.244 e. The highest BCUT2D eigenvalue weighted by atomic mass is 35.5. The van der Waals surface area contributed by atoms with E-state index in [-0.39, 0.29) is 10.8 Å². The first-order valence-electron chi connectivity index (χ1n) is 5.10. The number of hydrogen-bond donors (Lipinski definition) is 0. The standard InChI is InChI=1S/C10H8ClN3O2S2/c11-9-1-2-10(17-9)18(15,16)14-4-7-3-12-6-13-8(7)5-14/h1-3,6H,4-5H2. The topological polar surface area (TPSA) is 63.2 Å². The predicted octanol–water partition coefficient (Wildman–Crippen LogP) is 1.90. The van der Waals surface area contributed by atoms with Gasteiger partial charge in [0.15, 0.2) is 0 Å². The fourth-order valence-electron chi connectivity index (χ4n) is 1.80. The predicted molar refractivity (Wildman–Crippen MR) is 67.8 cm³/mol. The lowest BCUT2D eigenvalue weighted by Gasteiger charge is -2.13. The maximum atomic E-state index is 12.3. The molecule has 94 valence electrons. The van der Waals surface area contributed by atoms with Crippen LogP contribution in [0, 0.1) is 0 Å². The molecule has 0 N–H and O–H groups in total. The van der Waals surface area contributed by atoms with Gasteiger partial charge < -0.3 is 0 Å². The van der Waals surface area contributed by atoms with Crippen molar-refractivity contribution in [2.75, 3.05) is 0 Å². The van der Waals surface area contributed by atoms with Crippen LogP contribution >= 0.6 is 22.9 Å². The number of hydrogen-bond acceptors (Lipinski definition) is 5. The Balaban J connectivity index is 1.95. The molecule has 0 radical (unpaired) electrons. The first-order valence-corrected chi connectivity index (χ1v) is 7.74. The van der Waals surface area contributed by atoms with Crippen molar-refractivity contribution in [3.8, 4) is 0 Å². The largest absolute Gasteiger partial charge is 0.253 e. The Kier molecular flexibility index (Phi) is 2.86. The van der Waals surface area contributed by atoms with Crippen LogP contribution in [0.25, 0.3) is 0 Å². The molecule has 3 heterocycles. The molecule has 3 rings (SSSR count). The fourth-order valence-corrected chi connectivity index (χ4v) is 4.82. The van der Waals surface area contributed by atoms with Crippen molar-refractivity contribution in [2.45, 2.75) is 17.3 Å².